The largest absolute Gasteiger partial charge is 0.464 e. The van der Waals surface area contributed by atoms with E-state index in [1.807, 2.05) is 38.1 Å². The highest BCUT2D eigenvalue weighted by atomic mass is 16.3. The van der Waals surface area contributed by atoms with E-state index in [1.54, 1.807) is 18.7 Å². The normalized spacial score (nSPS) is 15.1. The number of hydrogen-bond donors (Lipinski definition) is 1. The average molecular weight is 395 g/mol. The maximum Gasteiger partial charge on any atom is 0.234 e. The summed E-state index contributed by atoms with van der Waals surface area (Å²) >= 11 is 0. The molecule has 4 heterocycles. The molecule has 1 fully saturated rings. The van der Waals surface area contributed by atoms with Gasteiger partial charge in [-0.15, -0.1) is 0 Å². The van der Waals surface area contributed by atoms with Crippen molar-refractivity contribution in [2.45, 2.75) is 19.9 Å². The molecule has 0 aliphatic carbocycles. The molecule has 1 aliphatic rings. The average Bonchev–Trinajstić information content (AvgIpc) is 3.42. The SMILES string of the molecule is CC(C)NC(=O)CN1CCN(c2ncc(-c3ccco3)c(-c3ccco3)n2)CC1. The Kier molecular flexibility index (Phi) is 5.62. The highest BCUT2D eigenvalue weighted by Gasteiger charge is 2.23. The second kappa shape index (κ2) is 8.48. The lowest BCUT2D eigenvalue weighted by atomic mass is 10.1. The Labute approximate surface area is 169 Å². The van der Waals surface area contributed by atoms with Crippen LogP contribution in [0.15, 0.2) is 51.8 Å². The van der Waals surface area contributed by atoms with Crippen molar-refractivity contribution in [3.05, 3.63) is 43.0 Å². The first kappa shape index (κ1) is 19.2. The number of aromatic nitrogens is 2. The van der Waals surface area contributed by atoms with Gasteiger partial charge in [-0.05, 0) is 38.1 Å². The predicted octanol–water partition coefficient (Wildman–Crippen LogP) is 2.64. The Balaban J connectivity index is 1.49. The summed E-state index contributed by atoms with van der Waals surface area (Å²) in [6.45, 7) is 7.43. The minimum atomic E-state index is 0.0626. The Hall–Kier alpha value is -3.13. The number of nitrogens with zero attached hydrogens (tertiary/aromatic N) is 4. The maximum atomic E-state index is 12.0. The topological polar surface area (TPSA) is 87.6 Å². The molecule has 29 heavy (non-hydrogen) atoms. The monoisotopic (exact) mass is 395 g/mol. The molecule has 4 rings (SSSR count). The molecule has 1 aliphatic heterocycles. The summed E-state index contributed by atoms with van der Waals surface area (Å²) < 4.78 is 11.1. The summed E-state index contributed by atoms with van der Waals surface area (Å²) in [6, 6.07) is 7.59. The van der Waals surface area contributed by atoms with Crippen LogP contribution in [-0.2, 0) is 4.79 Å². The summed E-state index contributed by atoms with van der Waals surface area (Å²) in [4.78, 5) is 25.6. The summed E-state index contributed by atoms with van der Waals surface area (Å²) in [6.07, 6.45) is 5.04. The molecule has 3 aromatic rings. The number of piperazine rings is 1. The second-order valence-corrected chi connectivity index (χ2v) is 7.37. The molecule has 1 amide bonds. The molecule has 0 spiro atoms. The van der Waals surface area contributed by atoms with Gasteiger partial charge in [-0.3, -0.25) is 9.69 Å². The van der Waals surface area contributed by atoms with Crippen molar-refractivity contribution in [2.24, 2.45) is 0 Å². The van der Waals surface area contributed by atoms with Crippen LogP contribution in [0.3, 0.4) is 0 Å². The lowest BCUT2D eigenvalue weighted by Gasteiger charge is -2.34. The fourth-order valence-electron chi connectivity index (χ4n) is 3.41. The fraction of sp³-hybridized carbons (Fsp3) is 0.381. The van der Waals surface area contributed by atoms with E-state index in [2.05, 4.69) is 20.1 Å². The van der Waals surface area contributed by atoms with E-state index < -0.39 is 0 Å². The van der Waals surface area contributed by atoms with E-state index in [0.29, 0.717) is 29.7 Å². The first-order valence-corrected chi connectivity index (χ1v) is 9.81. The number of anilines is 1. The standard InChI is InChI=1S/C21H25N5O3/c1-15(2)23-19(27)14-25-7-9-26(10-8-25)21-22-13-16(17-5-3-11-28-17)20(24-21)18-6-4-12-29-18/h3-6,11-13,15H,7-10,14H2,1-2H3,(H,23,27). The summed E-state index contributed by atoms with van der Waals surface area (Å²) in [5.41, 5.74) is 1.49. The lowest BCUT2D eigenvalue weighted by molar-refractivity contribution is -0.122. The van der Waals surface area contributed by atoms with Crippen LogP contribution in [0.1, 0.15) is 13.8 Å². The molecular weight excluding hydrogens is 370 g/mol. The van der Waals surface area contributed by atoms with Crippen molar-refractivity contribution in [3.63, 3.8) is 0 Å². The van der Waals surface area contributed by atoms with Gasteiger partial charge in [-0.2, -0.15) is 0 Å². The van der Waals surface area contributed by atoms with Gasteiger partial charge in [-0.25, -0.2) is 9.97 Å². The summed E-state index contributed by atoms with van der Waals surface area (Å²) in [5.74, 6) is 2.08. The Bertz CT molecular complexity index is 929. The van der Waals surface area contributed by atoms with Crippen LogP contribution in [0.5, 0.6) is 0 Å². The van der Waals surface area contributed by atoms with E-state index >= 15 is 0 Å². The van der Waals surface area contributed by atoms with Crippen LogP contribution >= 0.6 is 0 Å². The third-order valence-corrected chi connectivity index (χ3v) is 4.79. The van der Waals surface area contributed by atoms with Gasteiger partial charge < -0.3 is 19.1 Å². The molecular formula is C21H25N5O3. The van der Waals surface area contributed by atoms with Gasteiger partial charge in [-0.1, -0.05) is 0 Å². The molecule has 3 aromatic heterocycles. The molecule has 8 nitrogen and oxygen atoms in total. The van der Waals surface area contributed by atoms with E-state index in [0.717, 1.165) is 31.7 Å². The Morgan fingerprint density at radius 3 is 2.41 bits per heavy atom. The molecule has 152 valence electrons. The molecule has 1 saturated heterocycles. The van der Waals surface area contributed by atoms with Crippen molar-refractivity contribution < 1.29 is 13.6 Å². The van der Waals surface area contributed by atoms with Crippen LogP contribution in [0, 0.1) is 0 Å². The zero-order valence-corrected chi connectivity index (χ0v) is 16.7. The predicted molar refractivity (Wildman–Crippen MR) is 109 cm³/mol. The van der Waals surface area contributed by atoms with Gasteiger partial charge in [0.15, 0.2) is 5.76 Å². The molecule has 0 bridgehead atoms. The van der Waals surface area contributed by atoms with Crippen molar-refractivity contribution in [3.8, 4) is 22.8 Å². The Morgan fingerprint density at radius 1 is 1.10 bits per heavy atom. The van der Waals surface area contributed by atoms with E-state index in [-0.39, 0.29) is 11.9 Å². The highest BCUT2D eigenvalue weighted by molar-refractivity contribution is 5.78. The van der Waals surface area contributed by atoms with Crippen molar-refractivity contribution >= 4 is 11.9 Å². The number of carbonyl (C=O) groups excluding carboxylic acids is 1. The molecule has 0 unspecified atom stereocenters. The number of hydrogen-bond acceptors (Lipinski definition) is 7. The maximum absolute atomic E-state index is 12.0. The summed E-state index contributed by atoms with van der Waals surface area (Å²) in [7, 11) is 0. The quantitative estimate of drug-likeness (QED) is 0.686. The number of rotatable bonds is 6. The first-order chi connectivity index (χ1) is 14.1. The van der Waals surface area contributed by atoms with Gasteiger partial charge >= 0.3 is 0 Å². The van der Waals surface area contributed by atoms with Gasteiger partial charge in [0.2, 0.25) is 11.9 Å². The molecule has 0 atom stereocenters. The zero-order chi connectivity index (χ0) is 20.2. The smallest absolute Gasteiger partial charge is 0.234 e. The fourth-order valence-corrected chi connectivity index (χ4v) is 3.41. The Morgan fingerprint density at radius 2 is 1.79 bits per heavy atom. The number of amides is 1. The van der Waals surface area contributed by atoms with Gasteiger partial charge in [0, 0.05) is 38.4 Å². The minimum Gasteiger partial charge on any atom is -0.464 e. The van der Waals surface area contributed by atoms with Crippen LogP contribution in [-0.4, -0.2) is 59.5 Å². The van der Waals surface area contributed by atoms with Crippen molar-refractivity contribution in [2.75, 3.05) is 37.6 Å². The minimum absolute atomic E-state index is 0.0626. The van der Waals surface area contributed by atoms with E-state index in [1.165, 1.54) is 0 Å². The van der Waals surface area contributed by atoms with Crippen molar-refractivity contribution in [1.29, 1.82) is 0 Å². The molecule has 0 aromatic carbocycles. The first-order valence-electron chi connectivity index (χ1n) is 9.81. The number of nitrogens with one attached hydrogen (secondary N) is 1. The number of furan rings is 2. The molecule has 8 heteroatoms. The van der Waals surface area contributed by atoms with Gasteiger partial charge in [0.25, 0.3) is 0 Å². The zero-order valence-electron chi connectivity index (χ0n) is 16.7. The third kappa shape index (κ3) is 4.48. The number of carbonyl (C=O) groups is 1. The summed E-state index contributed by atoms with van der Waals surface area (Å²) in [5, 5.41) is 2.94. The molecule has 0 radical (unpaired) electrons. The molecule has 0 saturated carbocycles. The van der Waals surface area contributed by atoms with E-state index in [4.69, 9.17) is 13.8 Å². The van der Waals surface area contributed by atoms with Crippen LogP contribution in [0.25, 0.3) is 22.8 Å². The third-order valence-electron chi connectivity index (χ3n) is 4.79. The van der Waals surface area contributed by atoms with Crippen LogP contribution in [0.4, 0.5) is 5.95 Å². The van der Waals surface area contributed by atoms with Crippen molar-refractivity contribution in [1.82, 2.24) is 20.2 Å². The lowest BCUT2D eigenvalue weighted by Crippen LogP contribution is -2.50. The van der Waals surface area contributed by atoms with E-state index in [9.17, 15) is 4.79 Å². The van der Waals surface area contributed by atoms with Crippen LogP contribution < -0.4 is 10.2 Å². The second-order valence-electron chi connectivity index (χ2n) is 7.37. The van der Waals surface area contributed by atoms with Gasteiger partial charge in [0.05, 0.1) is 24.6 Å². The molecule has 1 N–H and O–H groups in total. The highest BCUT2D eigenvalue weighted by Crippen LogP contribution is 2.32. The van der Waals surface area contributed by atoms with Crippen LogP contribution in [0.2, 0.25) is 0 Å². The van der Waals surface area contributed by atoms with Gasteiger partial charge in [0.1, 0.15) is 11.5 Å².